The minimum Gasteiger partial charge on any atom is -0.494 e. The first kappa shape index (κ1) is 23.3. The van der Waals surface area contributed by atoms with Gasteiger partial charge in [0.15, 0.2) is 12.0 Å². The number of hydrogen-bond acceptors (Lipinski definition) is 4. The molecule has 0 aliphatic rings. The number of nitrogens with zero attached hydrogens (tertiary/aromatic N) is 4. The molecule has 0 atom stereocenters. The highest BCUT2D eigenvalue weighted by Gasteiger charge is 2.27. The number of aromatic nitrogens is 2. The molecule has 0 amide bonds. The molecule has 2 aromatic carbocycles. The fourth-order valence-corrected chi connectivity index (χ4v) is 3.18. The SMILES string of the molecule is CCOc1ccc(-c2n(N=Cc3ccc(N(C)C)cc3)cc[n+]2CC(=O)C(C)(C)C)cc1. The predicted octanol–water partition coefficient (Wildman–Crippen LogP) is 4.40. The summed E-state index contributed by atoms with van der Waals surface area (Å²) < 4.78 is 9.34. The van der Waals surface area contributed by atoms with Gasteiger partial charge in [-0.25, -0.2) is 4.57 Å². The van der Waals surface area contributed by atoms with Gasteiger partial charge >= 0.3 is 5.82 Å². The van der Waals surface area contributed by atoms with Gasteiger partial charge in [-0.1, -0.05) is 38.0 Å². The molecule has 0 N–H and O–H groups in total. The van der Waals surface area contributed by atoms with E-state index in [1.165, 1.54) is 0 Å². The molecule has 3 rings (SSSR count). The number of ketones is 1. The van der Waals surface area contributed by atoms with Crippen molar-refractivity contribution >= 4 is 17.7 Å². The minimum atomic E-state index is -0.414. The quantitative estimate of drug-likeness (QED) is 0.391. The van der Waals surface area contributed by atoms with E-state index in [0.717, 1.165) is 28.4 Å². The van der Waals surface area contributed by atoms with Gasteiger partial charge in [0.2, 0.25) is 0 Å². The Morgan fingerprint density at radius 1 is 1.09 bits per heavy atom. The van der Waals surface area contributed by atoms with Crippen LogP contribution in [0.5, 0.6) is 5.75 Å². The van der Waals surface area contributed by atoms with E-state index in [1.807, 2.05) is 106 Å². The van der Waals surface area contributed by atoms with Crippen LogP contribution in [0, 0.1) is 5.41 Å². The summed E-state index contributed by atoms with van der Waals surface area (Å²) in [4.78, 5) is 14.8. The summed E-state index contributed by atoms with van der Waals surface area (Å²) in [5.41, 5.74) is 2.68. The van der Waals surface area contributed by atoms with Gasteiger partial charge in [0, 0.05) is 25.2 Å². The van der Waals surface area contributed by atoms with Gasteiger partial charge in [0.1, 0.15) is 18.5 Å². The maximum Gasteiger partial charge on any atom is 0.314 e. The second-order valence-corrected chi connectivity index (χ2v) is 8.96. The van der Waals surface area contributed by atoms with Gasteiger partial charge < -0.3 is 9.64 Å². The molecule has 0 unspecified atom stereocenters. The van der Waals surface area contributed by atoms with Crippen LogP contribution in [0.3, 0.4) is 0 Å². The third-order valence-corrected chi connectivity index (χ3v) is 5.19. The molecule has 0 spiro atoms. The lowest BCUT2D eigenvalue weighted by atomic mass is 9.91. The van der Waals surface area contributed by atoms with Crippen molar-refractivity contribution in [3.8, 4) is 17.1 Å². The maximum absolute atomic E-state index is 12.7. The van der Waals surface area contributed by atoms with Gasteiger partial charge in [0.25, 0.3) is 0 Å². The molecule has 168 valence electrons. The Morgan fingerprint density at radius 2 is 1.75 bits per heavy atom. The number of anilines is 1. The van der Waals surface area contributed by atoms with Gasteiger partial charge in [0.05, 0.1) is 18.4 Å². The lowest BCUT2D eigenvalue weighted by Crippen LogP contribution is -2.42. The van der Waals surface area contributed by atoms with E-state index < -0.39 is 5.41 Å². The molecule has 0 fully saturated rings. The van der Waals surface area contributed by atoms with Crippen molar-refractivity contribution in [1.29, 1.82) is 0 Å². The largest absolute Gasteiger partial charge is 0.494 e. The fraction of sp³-hybridized carbons (Fsp3) is 0.346. The molecule has 0 radical (unpaired) electrons. The highest BCUT2D eigenvalue weighted by atomic mass is 16.5. The average molecular weight is 434 g/mol. The van der Waals surface area contributed by atoms with E-state index in [0.29, 0.717) is 6.61 Å². The van der Waals surface area contributed by atoms with Crippen LogP contribution in [-0.2, 0) is 11.3 Å². The van der Waals surface area contributed by atoms with Crippen LogP contribution in [-0.4, -0.2) is 37.4 Å². The van der Waals surface area contributed by atoms with E-state index in [-0.39, 0.29) is 12.3 Å². The van der Waals surface area contributed by atoms with E-state index in [4.69, 9.17) is 9.84 Å². The lowest BCUT2D eigenvalue weighted by Gasteiger charge is -2.15. The molecule has 32 heavy (non-hydrogen) atoms. The van der Waals surface area contributed by atoms with Crippen molar-refractivity contribution in [2.24, 2.45) is 10.5 Å². The summed E-state index contributed by atoms with van der Waals surface area (Å²) in [5, 5.41) is 4.69. The lowest BCUT2D eigenvalue weighted by molar-refractivity contribution is -0.673. The maximum atomic E-state index is 12.7. The van der Waals surface area contributed by atoms with Crippen LogP contribution in [0.1, 0.15) is 33.3 Å². The first-order valence-electron chi connectivity index (χ1n) is 10.9. The Kier molecular flexibility index (Phi) is 7.13. The smallest absolute Gasteiger partial charge is 0.314 e. The molecule has 6 nitrogen and oxygen atoms in total. The number of carbonyl (C=O) groups is 1. The van der Waals surface area contributed by atoms with Crippen LogP contribution in [0.2, 0.25) is 0 Å². The van der Waals surface area contributed by atoms with Crippen molar-refractivity contribution < 1.29 is 14.1 Å². The molecule has 1 heterocycles. The topological polar surface area (TPSA) is 50.7 Å². The second-order valence-electron chi connectivity index (χ2n) is 8.96. The zero-order chi connectivity index (χ0) is 23.3. The van der Waals surface area contributed by atoms with Gasteiger partial charge in [-0.15, -0.1) is 4.68 Å². The highest BCUT2D eigenvalue weighted by molar-refractivity contribution is 5.82. The summed E-state index contributed by atoms with van der Waals surface area (Å²) in [6.45, 7) is 8.70. The number of ether oxygens (including phenoxy) is 1. The zero-order valence-corrected chi connectivity index (χ0v) is 19.9. The Bertz CT molecular complexity index is 1070. The number of rotatable bonds is 8. The van der Waals surface area contributed by atoms with E-state index in [1.54, 1.807) is 0 Å². The zero-order valence-electron chi connectivity index (χ0n) is 19.9. The normalized spacial score (nSPS) is 11.7. The number of imidazole rings is 1. The Morgan fingerprint density at radius 3 is 2.31 bits per heavy atom. The van der Waals surface area contributed by atoms with Gasteiger partial charge in [-0.05, 0) is 48.9 Å². The molecule has 3 aromatic rings. The van der Waals surface area contributed by atoms with Crippen LogP contribution >= 0.6 is 0 Å². The second kappa shape index (κ2) is 9.81. The van der Waals surface area contributed by atoms with Gasteiger partial charge in [-0.3, -0.25) is 4.79 Å². The Hall–Kier alpha value is -3.41. The predicted molar refractivity (Wildman–Crippen MR) is 129 cm³/mol. The number of hydrogen-bond donors (Lipinski definition) is 0. The average Bonchev–Trinajstić information content (AvgIpc) is 3.15. The van der Waals surface area contributed by atoms with Crippen LogP contribution in [0.25, 0.3) is 11.4 Å². The molecular formula is C26H33N4O2+. The van der Waals surface area contributed by atoms with Crippen molar-refractivity contribution in [2.45, 2.75) is 34.2 Å². The molecular weight excluding hydrogens is 400 g/mol. The summed E-state index contributed by atoms with van der Waals surface area (Å²) in [5.74, 6) is 1.82. The van der Waals surface area contributed by atoms with Crippen molar-refractivity contribution in [2.75, 3.05) is 25.6 Å². The Labute approximate surface area is 190 Å². The van der Waals surface area contributed by atoms with Crippen molar-refractivity contribution in [3.63, 3.8) is 0 Å². The summed E-state index contributed by atoms with van der Waals surface area (Å²) in [7, 11) is 4.04. The summed E-state index contributed by atoms with van der Waals surface area (Å²) in [6, 6.07) is 16.1. The number of benzene rings is 2. The van der Waals surface area contributed by atoms with Crippen LogP contribution in [0.15, 0.2) is 66.0 Å². The first-order chi connectivity index (χ1) is 15.2. The molecule has 0 saturated carbocycles. The standard InChI is InChI=1S/C26H33N4O2/c1-7-32-23-14-10-21(11-15-23)25-29(19-24(31)26(2,3)4)16-17-30(25)27-18-20-8-12-22(13-9-20)28(5)6/h8-18H,7,19H2,1-6H3/q+1. The summed E-state index contributed by atoms with van der Waals surface area (Å²) in [6.07, 6.45) is 5.61. The number of Topliss-reactive ketones (excluding diaryl/α,β-unsaturated/α-hetero) is 1. The van der Waals surface area contributed by atoms with E-state index >= 15 is 0 Å². The first-order valence-corrected chi connectivity index (χ1v) is 10.9. The van der Waals surface area contributed by atoms with E-state index in [2.05, 4.69) is 17.0 Å². The highest BCUT2D eigenvalue weighted by Crippen LogP contribution is 2.22. The minimum absolute atomic E-state index is 0.163. The molecule has 0 saturated heterocycles. The number of carbonyl (C=O) groups excluding carboxylic acids is 1. The molecule has 0 aliphatic heterocycles. The van der Waals surface area contributed by atoms with Crippen LogP contribution < -0.4 is 14.2 Å². The molecule has 0 aliphatic carbocycles. The van der Waals surface area contributed by atoms with Crippen molar-refractivity contribution in [3.05, 3.63) is 66.5 Å². The van der Waals surface area contributed by atoms with Crippen LogP contribution in [0.4, 0.5) is 5.69 Å². The monoisotopic (exact) mass is 433 g/mol. The molecule has 1 aromatic heterocycles. The molecule has 0 bridgehead atoms. The fourth-order valence-electron chi connectivity index (χ4n) is 3.18. The van der Waals surface area contributed by atoms with E-state index in [9.17, 15) is 4.79 Å². The molecule has 6 heteroatoms. The summed E-state index contributed by atoms with van der Waals surface area (Å²) >= 11 is 0. The Balaban J connectivity index is 1.97. The van der Waals surface area contributed by atoms with Crippen molar-refractivity contribution in [1.82, 2.24) is 4.68 Å². The third kappa shape index (κ3) is 5.63. The third-order valence-electron chi connectivity index (χ3n) is 5.19. The van der Waals surface area contributed by atoms with Gasteiger partial charge in [-0.2, -0.15) is 0 Å².